The molecule has 0 aliphatic rings. The minimum Gasteiger partial charge on any atom is -0.374 e. The van der Waals surface area contributed by atoms with E-state index in [0.29, 0.717) is 4.99 Å². The second kappa shape index (κ2) is 6.15. The van der Waals surface area contributed by atoms with E-state index in [0.717, 1.165) is 28.1 Å². The maximum atomic E-state index is 12.6. The molecule has 0 unspecified atom stereocenters. The first kappa shape index (κ1) is 16.0. The van der Waals surface area contributed by atoms with Gasteiger partial charge in [-0.2, -0.15) is 13.2 Å². The van der Waals surface area contributed by atoms with E-state index in [4.69, 9.17) is 12.2 Å². The average molecular weight is 329 g/mol. The van der Waals surface area contributed by atoms with Gasteiger partial charge in [-0.25, -0.2) is 0 Å². The van der Waals surface area contributed by atoms with E-state index in [9.17, 15) is 13.2 Å². The van der Waals surface area contributed by atoms with Gasteiger partial charge in [0, 0.05) is 16.5 Å². The summed E-state index contributed by atoms with van der Waals surface area (Å²) in [5.74, 6) is 0. The van der Waals surface area contributed by atoms with Crippen molar-refractivity contribution in [1.29, 1.82) is 0 Å². The topological polar surface area (TPSA) is 12.0 Å². The van der Waals surface area contributed by atoms with Crippen molar-refractivity contribution >= 4 is 28.5 Å². The molecule has 6 heteroatoms. The van der Waals surface area contributed by atoms with Crippen LogP contribution in [0.25, 0.3) is 10.4 Å². The van der Waals surface area contributed by atoms with Crippen LogP contribution in [0.1, 0.15) is 25.0 Å². The lowest BCUT2D eigenvalue weighted by atomic mass is 10.1. The third kappa shape index (κ3) is 3.83. The van der Waals surface area contributed by atoms with Crippen molar-refractivity contribution in [2.45, 2.75) is 26.1 Å². The molecule has 0 amide bonds. The third-order valence-corrected chi connectivity index (χ3v) is 4.11. The zero-order valence-corrected chi connectivity index (χ0v) is 13.1. The van der Waals surface area contributed by atoms with Crippen molar-refractivity contribution < 1.29 is 13.2 Å². The first-order valence-electron chi connectivity index (χ1n) is 6.35. The van der Waals surface area contributed by atoms with Crippen LogP contribution in [0.3, 0.4) is 0 Å². The van der Waals surface area contributed by atoms with Gasteiger partial charge in [0.05, 0.1) is 5.56 Å². The van der Waals surface area contributed by atoms with Gasteiger partial charge in [-0.3, -0.25) is 0 Å². The molecule has 0 radical (unpaired) electrons. The van der Waals surface area contributed by atoms with E-state index in [1.807, 2.05) is 25.3 Å². The van der Waals surface area contributed by atoms with E-state index >= 15 is 0 Å². The Morgan fingerprint density at radius 1 is 1.14 bits per heavy atom. The molecule has 112 valence electrons. The maximum absolute atomic E-state index is 12.6. The predicted octanol–water partition coefficient (Wildman–Crippen LogP) is 5.11. The summed E-state index contributed by atoms with van der Waals surface area (Å²) < 4.78 is 37.8. The number of alkyl halides is 3. The molecule has 0 bridgehead atoms. The molecular weight excluding hydrogens is 315 g/mol. The van der Waals surface area contributed by atoms with E-state index < -0.39 is 11.7 Å². The molecule has 1 heterocycles. The van der Waals surface area contributed by atoms with Gasteiger partial charge >= 0.3 is 6.18 Å². The molecule has 2 rings (SSSR count). The van der Waals surface area contributed by atoms with Crippen molar-refractivity contribution in [2.75, 3.05) is 0 Å². The molecule has 0 saturated carbocycles. The molecule has 0 atom stereocenters. The summed E-state index contributed by atoms with van der Waals surface area (Å²) in [4.78, 5) is 1.49. The highest BCUT2D eigenvalue weighted by Gasteiger charge is 2.30. The van der Waals surface area contributed by atoms with Crippen LogP contribution >= 0.6 is 23.6 Å². The fraction of sp³-hybridized carbons (Fsp3) is 0.267. The Labute approximate surface area is 130 Å². The number of hydrogen-bond acceptors (Lipinski definition) is 2. The van der Waals surface area contributed by atoms with Crippen LogP contribution in [0.2, 0.25) is 0 Å². The smallest absolute Gasteiger partial charge is 0.374 e. The summed E-state index contributed by atoms with van der Waals surface area (Å²) in [5.41, 5.74) is 0.941. The van der Waals surface area contributed by atoms with Gasteiger partial charge in [-0.1, -0.05) is 24.4 Å². The molecule has 1 nitrogen and oxygen atoms in total. The summed E-state index contributed by atoms with van der Waals surface area (Å²) in [6.07, 6.45) is -4.31. The van der Waals surface area contributed by atoms with Crippen LogP contribution in [0.15, 0.2) is 35.7 Å². The van der Waals surface area contributed by atoms with Gasteiger partial charge in [0.25, 0.3) is 0 Å². The molecule has 1 N–H and O–H groups in total. The SMILES string of the molecule is CC(C)NC(=S)c1ccsc1-c1ccc(C(F)(F)F)cc1. The second-order valence-corrected chi connectivity index (χ2v) is 6.19. The summed E-state index contributed by atoms with van der Waals surface area (Å²) in [5, 5.41) is 5.03. The minimum absolute atomic E-state index is 0.206. The van der Waals surface area contributed by atoms with Gasteiger partial charge in [0.1, 0.15) is 4.99 Å². The molecule has 0 aliphatic heterocycles. The number of nitrogens with one attached hydrogen (secondary N) is 1. The summed E-state index contributed by atoms with van der Waals surface area (Å²) in [7, 11) is 0. The van der Waals surface area contributed by atoms with E-state index in [1.165, 1.54) is 23.5 Å². The Bertz CT molecular complexity index is 627. The fourth-order valence-corrected chi connectivity index (χ4v) is 3.24. The third-order valence-electron chi connectivity index (χ3n) is 2.80. The summed E-state index contributed by atoms with van der Waals surface area (Å²) in [6.45, 7) is 3.97. The monoisotopic (exact) mass is 329 g/mol. The van der Waals surface area contributed by atoms with Crippen LogP contribution in [0.4, 0.5) is 13.2 Å². The molecule has 21 heavy (non-hydrogen) atoms. The Balaban J connectivity index is 2.31. The van der Waals surface area contributed by atoms with E-state index in [1.54, 1.807) is 0 Å². The highest BCUT2D eigenvalue weighted by atomic mass is 32.1. The summed E-state index contributed by atoms with van der Waals surface area (Å²) in [6, 6.07) is 7.25. The maximum Gasteiger partial charge on any atom is 0.416 e. The lowest BCUT2D eigenvalue weighted by molar-refractivity contribution is -0.137. The Morgan fingerprint density at radius 3 is 2.29 bits per heavy atom. The standard InChI is InChI=1S/C15H14F3NS2/c1-9(2)19-14(20)12-7-8-21-13(12)10-3-5-11(6-4-10)15(16,17)18/h3-9H,1-2H3,(H,19,20). The lowest BCUT2D eigenvalue weighted by Crippen LogP contribution is -2.29. The first-order valence-corrected chi connectivity index (χ1v) is 7.64. The second-order valence-electron chi connectivity index (χ2n) is 4.87. The molecular formula is C15H14F3NS2. The van der Waals surface area contributed by atoms with Crippen molar-refractivity contribution in [3.63, 3.8) is 0 Å². The van der Waals surface area contributed by atoms with Crippen molar-refractivity contribution in [3.05, 3.63) is 46.8 Å². The zero-order valence-electron chi connectivity index (χ0n) is 11.5. The number of halogens is 3. The lowest BCUT2D eigenvalue weighted by Gasteiger charge is -2.12. The summed E-state index contributed by atoms with van der Waals surface area (Å²) >= 11 is 6.80. The number of benzene rings is 1. The van der Waals surface area contributed by atoms with Crippen LogP contribution in [0.5, 0.6) is 0 Å². The first-order chi connectivity index (χ1) is 9.79. The van der Waals surface area contributed by atoms with Gasteiger partial charge in [0.2, 0.25) is 0 Å². The predicted molar refractivity (Wildman–Crippen MR) is 84.7 cm³/mol. The Hall–Kier alpha value is -1.40. The normalized spacial score (nSPS) is 11.7. The Morgan fingerprint density at radius 2 is 1.76 bits per heavy atom. The molecule has 0 fully saturated rings. The van der Waals surface area contributed by atoms with Crippen LogP contribution < -0.4 is 5.32 Å². The molecule has 1 aromatic carbocycles. The highest BCUT2D eigenvalue weighted by Crippen LogP contribution is 2.34. The molecule has 0 spiro atoms. The quantitative estimate of drug-likeness (QED) is 0.786. The number of hydrogen-bond donors (Lipinski definition) is 1. The van der Waals surface area contributed by atoms with Crippen LogP contribution in [-0.2, 0) is 6.18 Å². The minimum atomic E-state index is -4.31. The fourth-order valence-electron chi connectivity index (χ4n) is 1.86. The van der Waals surface area contributed by atoms with Crippen molar-refractivity contribution in [2.24, 2.45) is 0 Å². The van der Waals surface area contributed by atoms with Crippen LogP contribution in [-0.4, -0.2) is 11.0 Å². The number of rotatable bonds is 3. The van der Waals surface area contributed by atoms with Gasteiger partial charge in [-0.15, -0.1) is 11.3 Å². The molecule has 1 aromatic heterocycles. The molecule has 0 saturated heterocycles. The van der Waals surface area contributed by atoms with Crippen LogP contribution in [0, 0.1) is 0 Å². The Kier molecular flexibility index (Phi) is 4.68. The van der Waals surface area contributed by atoms with E-state index in [2.05, 4.69) is 5.32 Å². The number of thiocarbonyl (C=S) groups is 1. The van der Waals surface area contributed by atoms with Crippen molar-refractivity contribution in [1.82, 2.24) is 5.32 Å². The van der Waals surface area contributed by atoms with E-state index in [-0.39, 0.29) is 6.04 Å². The zero-order chi connectivity index (χ0) is 15.6. The molecule has 2 aromatic rings. The van der Waals surface area contributed by atoms with Gasteiger partial charge in [-0.05, 0) is 43.0 Å². The molecule has 0 aliphatic carbocycles. The highest BCUT2D eigenvalue weighted by molar-refractivity contribution is 7.80. The van der Waals surface area contributed by atoms with Crippen molar-refractivity contribution in [3.8, 4) is 10.4 Å². The van der Waals surface area contributed by atoms with Gasteiger partial charge < -0.3 is 5.32 Å². The van der Waals surface area contributed by atoms with Gasteiger partial charge in [0.15, 0.2) is 0 Å². The average Bonchev–Trinajstić information content (AvgIpc) is 2.86. The largest absolute Gasteiger partial charge is 0.416 e. The number of thiophene rings is 1.